The van der Waals surface area contributed by atoms with Crippen molar-refractivity contribution < 1.29 is 0 Å². The van der Waals surface area contributed by atoms with Crippen LogP contribution < -0.4 is 5.56 Å². The molecule has 16 heavy (non-hydrogen) atoms. The first kappa shape index (κ1) is 10.7. The van der Waals surface area contributed by atoms with E-state index in [2.05, 4.69) is 23.8 Å². The molecule has 0 aliphatic heterocycles. The number of pyridine rings is 1. The van der Waals surface area contributed by atoms with Gasteiger partial charge in [0, 0.05) is 18.0 Å². The number of H-pyrrole nitrogens is 1. The molecule has 0 saturated carbocycles. The Morgan fingerprint density at radius 3 is 2.94 bits per heavy atom. The minimum atomic E-state index is -0.0395. The van der Waals surface area contributed by atoms with Crippen LogP contribution in [-0.4, -0.2) is 14.5 Å². The van der Waals surface area contributed by atoms with Gasteiger partial charge in [0.2, 0.25) is 0 Å². The van der Waals surface area contributed by atoms with Crippen LogP contribution in [0.1, 0.15) is 31.0 Å². The number of aromatic nitrogens is 3. The first-order chi connectivity index (χ1) is 7.66. The largest absolute Gasteiger partial charge is 0.333 e. The molecule has 2 heterocycles. The summed E-state index contributed by atoms with van der Waals surface area (Å²) in [5.41, 5.74) is 1.75. The van der Waals surface area contributed by atoms with Crippen molar-refractivity contribution in [3.05, 3.63) is 52.5 Å². The van der Waals surface area contributed by atoms with Gasteiger partial charge in [0.05, 0.1) is 18.6 Å². The fourth-order valence-electron chi connectivity index (χ4n) is 1.54. The molecule has 0 radical (unpaired) electrons. The van der Waals surface area contributed by atoms with Gasteiger partial charge in [-0.15, -0.1) is 0 Å². The van der Waals surface area contributed by atoms with Crippen molar-refractivity contribution in [3.8, 4) is 0 Å². The average Bonchev–Trinajstić information content (AvgIpc) is 2.70. The topological polar surface area (TPSA) is 50.7 Å². The van der Waals surface area contributed by atoms with E-state index in [1.165, 1.54) is 0 Å². The Morgan fingerprint density at radius 1 is 1.50 bits per heavy atom. The summed E-state index contributed by atoms with van der Waals surface area (Å²) in [6, 6.07) is 3.66. The van der Waals surface area contributed by atoms with E-state index < -0.39 is 0 Å². The Bertz CT molecular complexity index is 525. The van der Waals surface area contributed by atoms with Gasteiger partial charge in [-0.25, -0.2) is 4.98 Å². The Balaban J connectivity index is 2.21. The van der Waals surface area contributed by atoms with Crippen LogP contribution in [0.15, 0.2) is 35.6 Å². The molecule has 2 aromatic heterocycles. The highest BCUT2D eigenvalue weighted by Crippen LogP contribution is 2.10. The van der Waals surface area contributed by atoms with Crippen LogP contribution in [0.4, 0.5) is 0 Å². The summed E-state index contributed by atoms with van der Waals surface area (Å²) in [6.45, 7) is 4.76. The Labute approximate surface area is 94.0 Å². The molecule has 0 spiro atoms. The van der Waals surface area contributed by atoms with E-state index in [-0.39, 0.29) is 5.56 Å². The lowest BCUT2D eigenvalue weighted by atomic mass is 10.2. The molecule has 0 bridgehead atoms. The predicted octanol–water partition coefficient (Wildman–Crippen LogP) is 1.74. The summed E-state index contributed by atoms with van der Waals surface area (Å²) < 4.78 is 1.93. The van der Waals surface area contributed by atoms with Crippen LogP contribution in [-0.2, 0) is 6.54 Å². The lowest BCUT2D eigenvalue weighted by molar-refractivity contribution is 0.780. The van der Waals surface area contributed by atoms with Crippen molar-refractivity contribution in [2.75, 3.05) is 0 Å². The standard InChI is InChI=1S/C12H15N3O/c1-9(2)11-7-15(8-14-11)6-10-4-3-5-13-12(10)16/h3-5,7-9H,6H2,1-2H3,(H,13,16). The van der Waals surface area contributed by atoms with E-state index in [9.17, 15) is 4.79 Å². The second-order valence-electron chi connectivity index (χ2n) is 4.15. The maximum atomic E-state index is 11.5. The molecule has 0 amide bonds. The minimum absolute atomic E-state index is 0.0395. The first-order valence-electron chi connectivity index (χ1n) is 5.35. The Morgan fingerprint density at radius 2 is 2.31 bits per heavy atom. The van der Waals surface area contributed by atoms with Crippen LogP contribution in [0.5, 0.6) is 0 Å². The summed E-state index contributed by atoms with van der Waals surface area (Å²) in [7, 11) is 0. The van der Waals surface area contributed by atoms with Gasteiger partial charge in [-0.2, -0.15) is 0 Å². The van der Waals surface area contributed by atoms with Crippen LogP contribution in [0, 0.1) is 0 Å². The third kappa shape index (κ3) is 2.21. The van der Waals surface area contributed by atoms with Gasteiger partial charge in [0.25, 0.3) is 5.56 Å². The zero-order valence-electron chi connectivity index (χ0n) is 9.47. The molecule has 0 unspecified atom stereocenters. The van der Waals surface area contributed by atoms with Crippen molar-refractivity contribution in [1.29, 1.82) is 0 Å². The molecule has 0 aliphatic rings. The highest BCUT2D eigenvalue weighted by atomic mass is 16.1. The van der Waals surface area contributed by atoms with Gasteiger partial charge in [-0.1, -0.05) is 19.9 Å². The number of nitrogens with zero attached hydrogens (tertiary/aromatic N) is 2. The van der Waals surface area contributed by atoms with Crippen LogP contribution in [0.25, 0.3) is 0 Å². The lowest BCUT2D eigenvalue weighted by Crippen LogP contribution is -2.13. The predicted molar refractivity (Wildman–Crippen MR) is 62.5 cm³/mol. The van der Waals surface area contributed by atoms with Crippen LogP contribution >= 0.6 is 0 Å². The number of hydrogen-bond donors (Lipinski definition) is 1. The van der Waals surface area contributed by atoms with E-state index in [4.69, 9.17) is 0 Å². The van der Waals surface area contributed by atoms with Gasteiger partial charge in [-0.05, 0) is 12.0 Å². The number of nitrogens with one attached hydrogen (secondary N) is 1. The maximum absolute atomic E-state index is 11.5. The van der Waals surface area contributed by atoms with Crippen molar-refractivity contribution in [2.24, 2.45) is 0 Å². The van der Waals surface area contributed by atoms with E-state index in [0.717, 1.165) is 11.3 Å². The van der Waals surface area contributed by atoms with Gasteiger partial charge >= 0.3 is 0 Å². The van der Waals surface area contributed by atoms with Gasteiger partial charge in [-0.3, -0.25) is 4.79 Å². The van der Waals surface area contributed by atoms with Crippen molar-refractivity contribution in [1.82, 2.24) is 14.5 Å². The molecular formula is C12H15N3O. The van der Waals surface area contributed by atoms with E-state index >= 15 is 0 Å². The zero-order valence-corrected chi connectivity index (χ0v) is 9.47. The first-order valence-corrected chi connectivity index (χ1v) is 5.35. The molecule has 0 saturated heterocycles. The zero-order chi connectivity index (χ0) is 11.5. The summed E-state index contributed by atoms with van der Waals surface area (Å²) in [5.74, 6) is 0.412. The fourth-order valence-corrected chi connectivity index (χ4v) is 1.54. The number of rotatable bonds is 3. The smallest absolute Gasteiger partial charge is 0.252 e. The third-order valence-electron chi connectivity index (χ3n) is 2.50. The van der Waals surface area contributed by atoms with E-state index in [0.29, 0.717) is 12.5 Å². The third-order valence-corrected chi connectivity index (χ3v) is 2.50. The molecule has 2 rings (SSSR count). The molecular weight excluding hydrogens is 202 g/mol. The second kappa shape index (κ2) is 4.35. The van der Waals surface area contributed by atoms with Crippen molar-refractivity contribution in [2.45, 2.75) is 26.3 Å². The molecule has 1 N–H and O–H groups in total. The van der Waals surface area contributed by atoms with Gasteiger partial charge in [0.1, 0.15) is 0 Å². The lowest BCUT2D eigenvalue weighted by Gasteiger charge is -2.01. The van der Waals surface area contributed by atoms with Crippen LogP contribution in [0.2, 0.25) is 0 Å². The minimum Gasteiger partial charge on any atom is -0.333 e. The number of hydrogen-bond acceptors (Lipinski definition) is 2. The summed E-state index contributed by atoms with van der Waals surface area (Å²) >= 11 is 0. The summed E-state index contributed by atoms with van der Waals surface area (Å²) in [4.78, 5) is 18.4. The molecule has 84 valence electrons. The quantitative estimate of drug-likeness (QED) is 0.851. The van der Waals surface area contributed by atoms with Gasteiger partial charge in [0.15, 0.2) is 0 Å². The van der Waals surface area contributed by atoms with E-state index in [1.807, 2.05) is 22.9 Å². The molecule has 0 atom stereocenters. The molecule has 4 nitrogen and oxygen atoms in total. The summed E-state index contributed by atoms with van der Waals surface area (Å²) in [6.07, 6.45) is 5.39. The fraction of sp³-hybridized carbons (Fsp3) is 0.333. The molecule has 0 fully saturated rings. The second-order valence-corrected chi connectivity index (χ2v) is 4.15. The summed E-state index contributed by atoms with van der Waals surface area (Å²) in [5, 5.41) is 0. The van der Waals surface area contributed by atoms with Gasteiger partial charge < -0.3 is 9.55 Å². The molecule has 0 aromatic carbocycles. The monoisotopic (exact) mass is 217 g/mol. The Kier molecular flexibility index (Phi) is 2.90. The highest BCUT2D eigenvalue weighted by molar-refractivity contribution is 5.11. The van der Waals surface area contributed by atoms with Crippen molar-refractivity contribution in [3.63, 3.8) is 0 Å². The molecule has 2 aromatic rings. The average molecular weight is 217 g/mol. The normalized spacial score (nSPS) is 10.9. The SMILES string of the molecule is CC(C)c1cn(Cc2ccc[nH]c2=O)cn1. The molecule has 0 aliphatic carbocycles. The number of aromatic amines is 1. The molecule has 4 heteroatoms. The van der Waals surface area contributed by atoms with E-state index in [1.54, 1.807) is 12.5 Å². The number of imidazole rings is 1. The van der Waals surface area contributed by atoms with Crippen molar-refractivity contribution >= 4 is 0 Å². The van der Waals surface area contributed by atoms with Crippen LogP contribution in [0.3, 0.4) is 0 Å². The maximum Gasteiger partial charge on any atom is 0.252 e. The highest BCUT2D eigenvalue weighted by Gasteiger charge is 2.04. The Hall–Kier alpha value is -1.84.